The van der Waals surface area contributed by atoms with Gasteiger partial charge in [0, 0.05) is 18.3 Å². The number of hydrogen-bond acceptors (Lipinski definition) is 4. The summed E-state index contributed by atoms with van der Waals surface area (Å²) in [6.07, 6.45) is 1.28. The number of nitrogens with one attached hydrogen (secondary N) is 1. The fourth-order valence-corrected chi connectivity index (χ4v) is 3.66. The number of rotatable bonds is 9. The van der Waals surface area contributed by atoms with E-state index < -0.39 is 0 Å². The fraction of sp³-hybridized carbons (Fsp3) is 0.304. The molecular weight excluding hydrogens is 368 g/mol. The SMILES string of the molecule is CC(C)OCc1ccccc1CNC(=O)Cc1csc(Cc2ccccc2)n1. The van der Waals surface area contributed by atoms with Crippen LogP contribution in [0.3, 0.4) is 0 Å². The Kier molecular flexibility index (Phi) is 7.34. The van der Waals surface area contributed by atoms with Gasteiger partial charge in [0.1, 0.15) is 0 Å². The van der Waals surface area contributed by atoms with Gasteiger partial charge in [-0.15, -0.1) is 11.3 Å². The Morgan fingerprint density at radius 2 is 1.79 bits per heavy atom. The standard InChI is InChI=1S/C23H26N2O2S/c1-17(2)27-15-20-11-7-6-10-19(20)14-24-22(26)13-21-16-28-23(25-21)12-18-8-4-3-5-9-18/h3-11,16-17H,12-15H2,1-2H3,(H,24,26). The summed E-state index contributed by atoms with van der Waals surface area (Å²) in [4.78, 5) is 17.0. The number of nitrogens with zero attached hydrogens (tertiary/aromatic N) is 1. The molecule has 0 unspecified atom stereocenters. The molecule has 0 aliphatic rings. The highest BCUT2D eigenvalue weighted by Gasteiger charge is 2.10. The molecule has 0 saturated heterocycles. The van der Waals surface area contributed by atoms with E-state index in [9.17, 15) is 4.79 Å². The second-order valence-electron chi connectivity index (χ2n) is 6.98. The van der Waals surface area contributed by atoms with Crippen LogP contribution < -0.4 is 5.32 Å². The Morgan fingerprint density at radius 1 is 1.07 bits per heavy atom. The lowest BCUT2D eigenvalue weighted by Gasteiger charge is -2.12. The minimum atomic E-state index is -0.0175. The maximum atomic E-state index is 12.4. The topological polar surface area (TPSA) is 51.2 Å². The van der Waals surface area contributed by atoms with Gasteiger partial charge in [-0.25, -0.2) is 4.98 Å². The Morgan fingerprint density at radius 3 is 2.54 bits per heavy atom. The number of ether oxygens (including phenoxy) is 1. The van der Waals surface area contributed by atoms with Gasteiger partial charge in [-0.05, 0) is 30.5 Å². The van der Waals surface area contributed by atoms with Gasteiger partial charge in [-0.2, -0.15) is 0 Å². The lowest BCUT2D eigenvalue weighted by Crippen LogP contribution is -2.25. The largest absolute Gasteiger partial charge is 0.374 e. The molecule has 5 heteroatoms. The molecule has 3 rings (SSSR count). The zero-order valence-electron chi connectivity index (χ0n) is 16.4. The van der Waals surface area contributed by atoms with Gasteiger partial charge >= 0.3 is 0 Å². The van der Waals surface area contributed by atoms with Crippen LogP contribution in [0.4, 0.5) is 0 Å². The zero-order chi connectivity index (χ0) is 19.8. The van der Waals surface area contributed by atoms with E-state index in [2.05, 4.69) is 22.4 Å². The minimum absolute atomic E-state index is 0.0175. The third-order valence-electron chi connectivity index (χ3n) is 4.31. The number of hydrogen-bond donors (Lipinski definition) is 1. The monoisotopic (exact) mass is 394 g/mol. The summed E-state index contributed by atoms with van der Waals surface area (Å²) < 4.78 is 5.70. The molecule has 0 bridgehead atoms. The van der Waals surface area contributed by atoms with Crippen LogP contribution in [0.25, 0.3) is 0 Å². The fourth-order valence-electron chi connectivity index (χ4n) is 2.83. The predicted octanol–water partition coefficient (Wildman–Crippen LogP) is 4.52. The smallest absolute Gasteiger partial charge is 0.226 e. The third kappa shape index (κ3) is 6.29. The second-order valence-corrected chi connectivity index (χ2v) is 7.92. The second kappa shape index (κ2) is 10.2. The molecule has 0 atom stereocenters. The van der Waals surface area contributed by atoms with E-state index in [0.29, 0.717) is 19.6 Å². The lowest BCUT2D eigenvalue weighted by molar-refractivity contribution is -0.120. The van der Waals surface area contributed by atoms with Crippen LogP contribution in [-0.4, -0.2) is 17.0 Å². The maximum Gasteiger partial charge on any atom is 0.226 e. The Hall–Kier alpha value is -2.50. The number of aromatic nitrogens is 1. The van der Waals surface area contributed by atoms with E-state index in [4.69, 9.17) is 4.74 Å². The van der Waals surface area contributed by atoms with E-state index in [1.54, 1.807) is 11.3 Å². The molecule has 4 nitrogen and oxygen atoms in total. The van der Waals surface area contributed by atoms with E-state index in [0.717, 1.165) is 28.2 Å². The normalized spacial score (nSPS) is 11.0. The number of benzene rings is 2. The van der Waals surface area contributed by atoms with Gasteiger partial charge in [0.25, 0.3) is 0 Å². The average molecular weight is 395 g/mol. The summed E-state index contributed by atoms with van der Waals surface area (Å²) in [6.45, 7) is 5.09. The number of carbonyl (C=O) groups excluding carboxylic acids is 1. The van der Waals surface area contributed by atoms with Gasteiger partial charge in [-0.1, -0.05) is 54.6 Å². The molecule has 2 aromatic carbocycles. The summed E-state index contributed by atoms with van der Waals surface area (Å²) >= 11 is 1.60. The molecule has 1 heterocycles. The zero-order valence-corrected chi connectivity index (χ0v) is 17.2. The van der Waals surface area contributed by atoms with E-state index in [1.807, 2.05) is 61.7 Å². The number of carbonyl (C=O) groups is 1. The Balaban J connectivity index is 1.51. The molecule has 0 aliphatic heterocycles. The summed E-state index contributed by atoms with van der Waals surface area (Å²) in [6, 6.07) is 18.3. The van der Waals surface area contributed by atoms with Crippen molar-refractivity contribution >= 4 is 17.2 Å². The molecule has 146 valence electrons. The highest BCUT2D eigenvalue weighted by Crippen LogP contribution is 2.15. The first-order chi connectivity index (χ1) is 13.6. The molecule has 0 radical (unpaired) electrons. The maximum absolute atomic E-state index is 12.4. The van der Waals surface area contributed by atoms with Crippen molar-refractivity contribution in [3.63, 3.8) is 0 Å². The van der Waals surface area contributed by atoms with Crippen molar-refractivity contribution in [1.29, 1.82) is 0 Å². The quantitative estimate of drug-likeness (QED) is 0.581. The van der Waals surface area contributed by atoms with Crippen LogP contribution in [0.5, 0.6) is 0 Å². The summed E-state index contributed by atoms with van der Waals surface area (Å²) in [5.41, 5.74) is 4.24. The first kappa shape index (κ1) is 20.2. The van der Waals surface area contributed by atoms with Crippen LogP contribution in [0.15, 0.2) is 60.0 Å². The van der Waals surface area contributed by atoms with Gasteiger partial charge < -0.3 is 10.1 Å². The molecular formula is C23H26N2O2S. The molecule has 1 amide bonds. The van der Waals surface area contributed by atoms with Crippen molar-refractivity contribution in [2.75, 3.05) is 0 Å². The average Bonchev–Trinajstić information content (AvgIpc) is 3.12. The van der Waals surface area contributed by atoms with Crippen LogP contribution in [0, 0.1) is 0 Å². The third-order valence-corrected chi connectivity index (χ3v) is 5.20. The Labute approximate surface area is 170 Å². The van der Waals surface area contributed by atoms with E-state index >= 15 is 0 Å². The van der Waals surface area contributed by atoms with Crippen molar-refractivity contribution in [3.05, 3.63) is 87.4 Å². The number of thiazole rings is 1. The number of amides is 1. The van der Waals surface area contributed by atoms with Gasteiger partial charge in [-0.3, -0.25) is 4.79 Å². The first-order valence-electron chi connectivity index (χ1n) is 9.52. The van der Waals surface area contributed by atoms with Crippen molar-refractivity contribution in [3.8, 4) is 0 Å². The van der Waals surface area contributed by atoms with Crippen molar-refractivity contribution in [1.82, 2.24) is 10.3 Å². The van der Waals surface area contributed by atoms with Gasteiger partial charge in [0.05, 0.1) is 29.8 Å². The molecule has 1 N–H and O–H groups in total. The molecule has 3 aromatic rings. The predicted molar refractivity (Wildman–Crippen MR) is 113 cm³/mol. The van der Waals surface area contributed by atoms with Crippen molar-refractivity contribution < 1.29 is 9.53 Å². The minimum Gasteiger partial charge on any atom is -0.374 e. The van der Waals surface area contributed by atoms with E-state index in [-0.39, 0.29) is 12.0 Å². The molecule has 0 saturated carbocycles. The molecule has 28 heavy (non-hydrogen) atoms. The van der Waals surface area contributed by atoms with Crippen LogP contribution in [0.2, 0.25) is 0 Å². The van der Waals surface area contributed by atoms with Gasteiger partial charge in [0.2, 0.25) is 5.91 Å². The summed E-state index contributed by atoms with van der Waals surface area (Å²) in [7, 11) is 0. The van der Waals surface area contributed by atoms with Crippen molar-refractivity contribution in [2.24, 2.45) is 0 Å². The van der Waals surface area contributed by atoms with Crippen LogP contribution >= 0.6 is 11.3 Å². The molecule has 0 spiro atoms. The van der Waals surface area contributed by atoms with Crippen LogP contribution in [0.1, 0.15) is 41.2 Å². The van der Waals surface area contributed by atoms with E-state index in [1.165, 1.54) is 5.56 Å². The Bertz CT molecular complexity index is 890. The van der Waals surface area contributed by atoms with Crippen LogP contribution in [-0.2, 0) is 35.5 Å². The summed E-state index contributed by atoms with van der Waals surface area (Å²) in [5.74, 6) is -0.0175. The van der Waals surface area contributed by atoms with Gasteiger partial charge in [0.15, 0.2) is 0 Å². The molecule has 0 fully saturated rings. The lowest BCUT2D eigenvalue weighted by atomic mass is 10.1. The molecule has 0 aliphatic carbocycles. The highest BCUT2D eigenvalue weighted by atomic mass is 32.1. The highest BCUT2D eigenvalue weighted by molar-refractivity contribution is 7.09. The van der Waals surface area contributed by atoms with Crippen molar-refractivity contribution in [2.45, 2.75) is 45.9 Å². The first-order valence-corrected chi connectivity index (χ1v) is 10.4. The molecule has 1 aromatic heterocycles. The summed E-state index contributed by atoms with van der Waals surface area (Å²) in [5, 5.41) is 6.01.